The zero-order valence-corrected chi connectivity index (χ0v) is 12.1. The molecule has 106 valence electrons. The minimum atomic E-state index is -0.204. The Bertz CT molecular complexity index is 407. The molecule has 19 heavy (non-hydrogen) atoms. The summed E-state index contributed by atoms with van der Waals surface area (Å²) in [7, 11) is 0. The number of hydrogen-bond acceptors (Lipinski definition) is 4. The van der Waals surface area contributed by atoms with Crippen molar-refractivity contribution in [2.45, 2.75) is 39.8 Å². The summed E-state index contributed by atoms with van der Waals surface area (Å²) in [6, 6.07) is 7.55. The zero-order valence-electron chi connectivity index (χ0n) is 12.1. The van der Waals surface area contributed by atoms with Crippen LogP contribution in [-0.2, 0) is 16.1 Å². The fraction of sp³-hybridized carbons (Fsp3) is 0.533. The van der Waals surface area contributed by atoms with E-state index in [1.54, 1.807) is 0 Å². The Morgan fingerprint density at radius 2 is 2.00 bits per heavy atom. The molecule has 0 aromatic heterocycles. The van der Waals surface area contributed by atoms with E-state index in [9.17, 15) is 4.79 Å². The number of nitrogens with two attached hydrogens (primary N) is 1. The highest BCUT2D eigenvalue weighted by atomic mass is 16.5. The summed E-state index contributed by atoms with van der Waals surface area (Å²) in [5, 5.41) is 0. The van der Waals surface area contributed by atoms with E-state index in [0.717, 1.165) is 24.2 Å². The van der Waals surface area contributed by atoms with Crippen molar-refractivity contribution in [2.24, 2.45) is 0 Å². The average molecular weight is 264 g/mol. The average Bonchev–Trinajstić information content (AvgIpc) is 2.41. The third kappa shape index (κ3) is 4.24. The molecule has 4 heteroatoms. The molecule has 0 amide bonds. The lowest BCUT2D eigenvalue weighted by molar-refractivity contribution is -0.149. The molecule has 0 fully saturated rings. The van der Waals surface area contributed by atoms with Gasteiger partial charge in [-0.05, 0) is 31.5 Å². The van der Waals surface area contributed by atoms with Gasteiger partial charge < -0.3 is 10.5 Å². The molecular formula is C15H24N2O2. The van der Waals surface area contributed by atoms with Crippen molar-refractivity contribution in [2.75, 3.05) is 18.9 Å². The summed E-state index contributed by atoms with van der Waals surface area (Å²) in [4.78, 5) is 14.1. The van der Waals surface area contributed by atoms with Crippen molar-refractivity contribution >= 4 is 11.7 Å². The summed E-state index contributed by atoms with van der Waals surface area (Å²) in [6.07, 6.45) is 0.736. The number of hydrogen-bond donors (Lipinski definition) is 1. The molecule has 1 atom stereocenters. The van der Waals surface area contributed by atoms with Crippen LogP contribution in [0.2, 0.25) is 0 Å². The van der Waals surface area contributed by atoms with E-state index in [-0.39, 0.29) is 12.0 Å². The molecule has 0 heterocycles. The molecule has 0 spiro atoms. The second kappa shape index (κ2) is 7.79. The lowest BCUT2D eigenvalue weighted by atomic mass is 10.1. The number of likely N-dealkylation sites (N-methyl/N-ethyl adjacent to an activating group) is 1. The molecule has 4 nitrogen and oxygen atoms in total. The monoisotopic (exact) mass is 264 g/mol. The van der Waals surface area contributed by atoms with Gasteiger partial charge in [-0.1, -0.05) is 32.0 Å². The van der Waals surface area contributed by atoms with Crippen LogP contribution in [0.5, 0.6) is 0 Å². The van der Waals surface area contributed by atoms with Crippen LogP contribution < -0.4 is 5.73 Å². The van der Waals surface area contributed by atoms with Gasteiger partial charge in [0.15, 0.2) is 0 Å². The van der Waals surface area contributed by atoms with Crippen molar-refractivity contribution in [1.29, 1.82) is 0 Å². The highest BCUT2D eigenvalue weighted by Crippen LogP contribution is 2.17. The van der Waals surface area contributed by atoms with Gasteiger partial charge in [0.25, 0.3) is 0 Å². The van der Waals surface area contributed by atoms with Crippen LogP contribution in [-0.4, -0.2) is 30.1 Å². The van der Waals surface area contributed by atoms with E-state index in [1.807, 2.05) is 45.0 Å². The van der Waals surface area contributed by atoms with Gasteiger partial charge in [-0.15, -0.1) is 0 Å². The molecule has 0 aliphatic heterocycles. The summed E-state index contributed by atoms with van der Waals surface area (Å²) in [6.45, 7) is 7.74. The van der Waals surface area contributed by atoms with E-state index in [4.69, 9.17) is 10.5 Å². The maximum atomic E-state index is 12.0. The first-order valence-electron chi connectivity index (χ1n) is 6.88. The molecule has 0 aliphatic rings. The van der Waals surface area contributed by atoms with Gasteiger partial charge in [0.2, 0.25) is 0 Å². The van der Waals surface area contributed by atoms with Crippen molar-refractivity contribution in [1.82, 2.24) is 4.90 Å². The third-order valence-corrected chi connectivity index (χ3v) is 3.22. The summed E-state index contributed by atoms with van der Waals surface area (Å²) in [5.41, 5.74) is 7.77. The van der Waals surface area contributed by atoms with Gasteiger partial charge in [0.1, 0.15) is 6.04 Å². The number of nitrogens with zero attached hydrogens (tertiary/aromatic N) is 1. The predicted molar refractivity (Wildman–Crippen MR) is 77.7 cm³/mol. The Balaban J connectivity index is 2.81. The number of para-hydroxylation sites is 1. The van der Waals surface area contributed by atoms with Crippen molar-refractivity contribution in [3.63, 3.8) is 0 Å². The van der Waals surface area contributed by atoms with Crippen LogP contribution in [0.25, 0.3) is 0 Å². The molecule has 1 unspecified atom stereocenters. The fourth-order valence-corrected chi connectivity index (χ4v) is 2.15. The zero-order chi connectivity index (χ0) is 14.3. The van der Waals surface area contributed by atoms with Crippen LogP contribution >= 0.6 is 0 Å². The number of rotatable bonds is 7. The topological polar surface area (TPSA) is 55.6 Å². The Hall–Kier alpha value is -1.55. The number of carbonyl (C=O) groups excluding carboxylic acids is 1. The third-order valence-electron chi connectivity index (χ3n) is 3.22. The second-order valence-electron chi connectivity index (χ2n) is 4.44. The smallest absolute Gasteiger partial charge is 0.323 e. The van der Waals surface area contributed by atoms with E-state index in [2.05, 4.69) is 4.90 Å². The van der Waals surface area contributed by atoms with Gasteiger partial charge in [-0.25, -0.2) is 0 Å². The Labute approximate surface area is 115 Å². The summed E-state index contributed by atoms with van der Waals surface area (Å²) >= 11 is 0. The molecule has 0 radical (unpaired) electrons. The van der Waals surface area contributed by atoms with Gasteiger partial charge in [0, 0.05) is 12.2 Å². The van der Waals surface area contributed by atoms with Crippen LogP contribution in [0.1, 0.15) is 32.8 Å². The first kappa shape index (κ1) is 15.5. The molecule has 1 aromatic carbocycles. The van der Waals surface area contributed by atoms with Crippen molar-refractivity contribution in [3.05, 3.63) is 29.8 Å². The Kier molecular flexibility index (Phi) is 6.36. The quantitative estimate of drug-likeness (QED) is 0.607. The van der Waals surface area contributed by atoms with Crippen LogP contribution in [0.15, 0.2) is 24.3 Å². The molecule has 1 aromatic rings. The molecule has 0 aliphatic carbocycles. The Morgan fingerprint density at radius 1 is 1.32 bits per heavy atom. The maximum Gasteiger partial charge on any atom is 0.323 e. The lowest BCUT2D eigenvalue weighted by Gasteiger charge is -2.28. The van der Waals surface area contributed by atoms with E-state index >= 15 is 0 Å². The molecule has 2 N–H and O–H groups in total. The summed E-state index contributed by atoms with van der Waals surface area (Å²) < 4.78 is 5.13. The number of benzene rings is 1. The number of esters is 1. The number of carbonyl (C=O) groups is 1. The van der Waals surface area contributed by atoms with Crippen LogP contribution in [0.4, 0.5) is 5.69 Å². The molecule has 0 bridgehead atoms. The Morgan fingerprint density at radius 3 is 2.53 bits per heavy atom. The van der Waals surface area contributed by atoms with Crippen molar-refractivity contribution < 1.29 is 9.53 Å². The van der Waals surface area contributed by atoms with Gasteiger partial charge in [-0.2, -0.15) is 0 Å². The highest BCUT2D eigenvalue weighted by Gasteiger charge is 2.24. The normalized spacial score (nSPS) is 12.4. The standard InChI is InChI=1S/C15H24N2O2/c1-4-14(15(18)19-6-3)17(5-2)11-12-9-7-8-10-13(12)16/h7-10,14H,4-6,11,16H2,1-3H3. The second-order valence-corrected chi connectivity index (χ2v) is 4.44. The lowest BCUT2D eigenvalue weighted by Crippen LogP contribution is -2.41. The first-order valence-corrected chi connectivity index (χ1v) is 6.88. The van der Waals surface area contributed by atoms with Gasteiger partial charge in [0.05, 0.1) is 6.61 Å². The molecule has 0 saturated heterocycles. The molecule has 1 rings (SSSR count). The number of ether oxygens (including phenoxy) is 1. The van der Waals surface area contributed by atoms with Crippen LogP contribution in [0.3, 0.4) is 0 Å². The van der Waals surface area contributed by atoms with E-state index in [1.165, 1.54) is 0 Å². The van der Waals surface area contributed by atoms with Crippen molar-refractivity contribution in [3.8, 4) is 0 Å². The highest BCUT2D eigenvalue weighted by molar-refractivity contribution is 5.75. The molecule has 0 saturated carbocycles. The first-order chi connectivity index (χ1) is 9.13. The predicted octanol–water partition coefficient (Wildman–Crippen LogP) is 2.43. The van der Waals surface area contributed by atoms with Gasteiger partial charge >= 0.3 is 5.97 Å². The minimum Gasteiger partial charge on any atom is -0.465 e. The number of nitrogen functional groups attached to an aromatic ring is 1. The fourth-order valence-electron chi connectivity index (χ4n) is 2.15. The maximum absolute atomic E-state index is 12.0. The van der Waals surface area contributed by atoms with E-state index in [0.29, 0.717) is 13.2 Å². The van der Waals surface area contributed by atoms with Crippen LogP contribution in [0, 0.1) is 0 Å². The van der Waals surface area contributed by atoms with Gasteiger partial charge in [-0.3, -0.25) is 9.69 Å². The SMILES string of the molecule is CCOC(=O)C(CC)N(CC)Cc1ccccc1N. The largest absolute Gasteiger partial charge is 0.465 e. The summed E-state index contributed by atoms with van der Waals surface area (Å²) in [5.74, 6) is -0.152. The van der Waals surface area contributed by atoms with E-state index < -0.39 is 0 Å². The minimum absolute atomic E-state index is 0.152. The number of anilines is 1. The molecular weight excluding hydrogens is 240 g/mol.